The monoisotopic (exact) mass is 274 g/mol. The average molecular weight is 275 g/mol. The summed E-state index contributed by atoms with van der Waals surface area (Å²) in [5, 5.41) is 19.4. The fraction of sp³-hybridized carbons (Fsp3) is 0.417. The van der Waals surface area contributed by atoms with Crippen LogP contribution in [0.4, 0.5) is 0 Å². The van der Waals surface area contributed by atoms with Crippen LogP contribution >= 0.6 is 11.6 Å². The number of methoxy groups -OCH3 is 2. The van der Waals surface area contributed by atoms with Crippen LogP contribution in [0, 0.1) is 0 Å². The summed E-state index contributed by atoms with van der Waals surface area (Å²) in [6, 6.07) is 4.73. The second-order valence-electron chi connectivity index (χ2n) is 3.62. The lowest BCUT2D eigenvalue weighted by molar-refractivity contribution is -0.156. The molecule has 0 aliphatic heterocycles. The Balaban J connectivity index is 2.99. The van der Waals surface area contributed by atoms with Crippen LogP contribution < -0.4 is 4.74 Å². The third kappa shape index (κ3) is 3.13. The first-order valence-corrected chi connectivity index (χ1v) is 5.75. The zero-order valence-electron chi connectivity index (χ0n) is 10.1. The van der Waals surface area contributed by atoms with Crippen LogP contribution in [0.2, 0.25) is 0 Å². The molecule has 0 bridgehead atoms. The number of aliphatic hydroxyl groups excluding tert-OH is 2. The number of carbonyl (C=O) groups excluding carboxylic acids is 1. The van der Waals surface area contributed by atoms with Gasteiger partial charge in [-0.3, -0.25) is 0 Å². The van der Waals surface area contributed by atoms with Crippen LogP contribution in [0.1, 0.15) is 17.2 Å². The molecule has 2 N–H and O–H groups in total. The highest BCUT2D eigenvalue weighted by atomic mass is 35.5. The summed E-state index contributed by atoms with van der Waals surface area (Å²) in [5.74, 6) is -0.128. The molecule has 1 aromatic carbocycles. The normalized spacial score (nSPS) is 13.8. The number of ether oxygens (including phenoxy) is 2. The van der Waals surface area contributed by atoms with E-state index in [4.69, 9.17) is 16.3 Å². The summed E-state index contributed by atoms with van der Waals surface area (Å²) in [5.41, 5.74) is 1.03. The Morgan fingerprint density at radius 1 is 1.39 bits per heavy atom. The summed E-state index contributed by atoms with van der Waals surface area (Å²) < 4.78 is 9.44. The average Bonchev–Trinajstić information content (AvgIpc) is 2.43. The maximum absolute atomic E-state index is 11.1. The standard InChI is InChI=1S/C12H15ClO5/c1-17-9-4-3-7(5-8(9)6-13)10(14)11(15)12(16)18-2/h3-5,10-11,14-15H,6H2,1-2H3. The van der Waals surface area contributed by atoms with Crippen molar-refractivity contribution in [3.05, 3.63) is 29.3 Å². The van der Waals surface area contributed by atoms with E-state index in [9.17, 15) is 15.0 Å². The van der Waals surface area contributed by atoms with E-state index in [1.807, 2.05) is 0 Å². The van der Waals surface area contributed by atoms with Crippen LogP contribution in [-0.4, -0.2) is 36.5 Å². The summed E-state index contributed by atoms with van der Waals surface area (Å²) >= 11 is 5.74. The Labute approximate surface area is 110 Å². The predicted octanol–water partition coefficient (Wildman–Crippen LogP) is 1.00. The van der Waals surface area contributed by atoms with Gasteiger partial charge in [0.15, 0.2) is 6.10 Å². The molecule has 1 aromatic rings. The van der Waals surface area contributed by atoms with Crippen LogP contribution in [0.5, 0.6) is 5.75 Å². The number of aliphatic hydroxyl groups is 2. The van der Waals surface area contributed by atoms with Crippen molar-refractivity contribution in [3.63, 3.8) is 0 Å². The Kier molecular flexibility index (Phi) is 5.40. The first-order valence-electron chi connectivity index (χ1n) is 5.21. The van der Waals surface area contributed by atoms with E-state index in [1.54, 1.807) is 18.2 Å². The van der Waals surface area contributed by atoms with E-state index in [0.29, 0.717) is 16.9 Å². The van der Waals surface area contributed by atoms with E-state index in [-0.39, 0.29) is 5.88 Å². The molecule has 1 rings (SSSR count). The number of alkyl halides is 1. The van der Waals surface area contributed by atoms with Crippen LogP contribution in [0.15, 0.2) is 18.2 Å². The molecule has 0 amide bonds. The number of rotatable bonds is 5. The lowest BCUT2D eigenvalue weighted by atomic mass is 10.0. The van der Waals surface area contributed by atoms with Crippen LogP contribution in [0.25, 0.3) is 0 Å². The second-order valence-corrected chi connectivity index (χ2v) is 3.89. The van der Waals surface area contributed by atoms with Crippen molar-refractivity contribution < 1.29 is 24.5 Å². The van der Waals surface area contributed by atoms with Gasteiger partial charge in [0, 0.05) is 5.56 Å². The van der Waals surface area contributed by atoms with Crippen molar-refractivity contribution >= 4 is 17.6 Å². The quantitative estimate of drug-likeness (QED) is 0.619. The van der Waals surface area contributed by atoms with Crippen LogP contribution in [-0.2, 0) is 15.4 Å². The summed E-state index contributed by atoms with van der Waals surface area (Å²) in [6.07, 6.45) is -3.00. The number of hydrogen-bond donors (Lipinski definition) is 2. The molecule has 2 atom stereocenters. The second kappa shape index (κ2) is 6.58. The van der Waals surface area contributed by atoms with Crippen molar-refractivity contribution in [1.29, 1.82) is 0 Å². The third-order valence-corrected chi connectivity index (χ3v) is 2.82. The van der Waals surface area contributed by atoms with Crippen molar-refractivity contribution in [3.8, 4) is 5.75 Å². The fourth-order valence-corrected chi connectivity index (χ4v) is 1.73. The molecule has 0 aromatic heterocycles. The molecule has 100 valence electrons. The van der Waals surface area contributed by atoms with E-state index in [1.165, 1.54) is 7.11 Å². The zero-order chi connectivity index (χ0) is 13.7. The van der Waals surface area contributed by atoms with E-state index in [0.717, 1.165) is 7.11 Å². The lowest BCUT2D eigenvalue weighted by Crippen LogP contribution is -2.29. The van der Waals surface area contributed by atoms with E-state index in [2.05, 4.69) is 4.74 Å². The predicted molar refractivity (Wildman–Crippen MR) is 65.5 cm³/mol. The van der Waals surface area contributed by atoms with Gasteiger partial charge in [-0.2, -0.15) is 0 Å². The van der Waals surface area contributed by atoms with Gasteiger partial charge in [-0.1, -0.05) is 6.07 Å². The molecule has 5 nitrogen and oxygen atoms in total. The molecule has 0 heterocycles. The van der Waals surface area contributed by atoms with Gasteiger partial charge >= 0.3 is 5.97 Å². The fourth-order valence-electron chi connectivity index (χ4n) is 1.52. The van der Waals surface area contributed by atoms with Crippen molar-refractivity contribution in [2.24, 2.45) is 0 Å². The summed E-state index contributed by atoms with van der Waals surface area (Å²) in [4.78, 5) is 11.1. The number of hydrogen-bond acceptors (Lipinski definition) is 5. The van der Waals surface area contributed by atoms with Crippen molar-refractivity contribution in [1.82, 2.24) is 0 Å². The minimum atomic E-state index is -1.63. The first kappa shape index (κ1) is 14.8. The minimum Gasteiger partial charge on any atom is -0.496 e. The smallest absolute Gasteiger partial charge is 0.337 e. The van der Waals surface area contributed by atoms with Crippen LogP contribution in [0.3, 0.4) is 0 Å². The maximum atomic E-state index is 11.1. The van der Waals surface area contributed by atoms with Gasteiger partial charge in [0.05, 0.1) is 20.1 Å². The minimum absolute atomic E-state index is 0.193. The summed E-state index contributed by atoms with van der Waals surface area (Å²) in [7, 11) is 2.64. The van der Waals surface area contributed by atoms with E-state index >= 15 is 0 Å². The highest BCUT2D eigenvalue weighted by molar-refractivity contribution is 6.17. The molecule has 0 spiro atoms. The number of benzene rings is 1. The Bertz CT molecular complexity index is 421. The van der Waals surface area contributed by atoms with E-state index < -0.39 is 18.2 Å². The molecule has 0 aliphatic carbocycles. The number of esters is 1. The topological polar surface area (TPSA) is 76.0 Å². The molecule has 6 heteroatoms. The molecule has 2 unspecified atom stereocenters. The molecule has 18 heavy (non-hydrogen) atoms. The van der Waals surface area contributed by atoms with Crippen molar-refractivity contribution in [2.45, 2.75) is 18.1 Å². The lowest BCUT2D eigenvalue weighted by Gasteiger charge is -2.17. The van der Waals surface area contributed by atoms with Gasteiger partial charge in [0.1, 0.15) is 11.9 Å². The molecule has 0 saturated carbocycles. The van der Waals surface area contributed by atoms with Gasteiger partial charge in [0.25, 0.3) is 0 Å². The van der Waals surface area contributed by atoms with Gasteiger partial charge in [-0.05, 0) is 17.7 Å². The first-order chi connectivity index (χ1) is 8.54. The maximum Gasteiger partial charge on any atom is 0.337 e. The van der Waals surface area contributed by atoms with Gasteiger partial charge < -0.3 is 19.7 Å². The van der Waals surface area contributed by atoms with Gasteiger partial charge in [0.2, 0.25) is 0 Å². The number of halogens is 1. The third-order valence-electron chi connectivity index (χ3n) is 2.53. The summed E-state index contributed by atoms with van der Waals surface area (Å²) in [6.45, 7) is 0. The van der Waals surface area contributed by atoms with Gasteiger partial charge in [-0.15, -0.1) is 11.6 Å². The molecule has 0 radical (unpaired) electrons. The largest absolute Gasteiger partial charge is 0.496 e. The molecule has 0 fully saturated rings. The molecular formula is C12H15ClO5. The van der Waals surface area contributed by atoms with Gasteiger partial charge in [-0.25, -0.2) is 4.79 Å². The Morgan fingerprint density at radius 3 is 2.56 bits per heavy atom. The Morgan fingerprint density at radius 2 is 2.06 bits per heavy atom. The molecule has 0 saturated heterocycles. The molecule has 0 aliphatic rings. The highest BCUT2D eigenvalue weighted by Gasteiger charge is 2.26. The highest BCUT2D eigenvalue weighted by Crippen LogP contribution is 2.26. The molecular weight excluding hydrogens is 260 g/mol. The van der Waals surface area contributed by atoms with Crippen molar-refractivity contribution in [2.75, 3.05) is 14.2 Å². The Hall–Kier alpha value is -1.30. The zero-order valence-corrected chi connectivity index (χ0v) is 10.8. The number of carbonyl (C=O) groups is 1. The SMILES string of the molecule is COC(=O)C(O)C(O)c1ccc(OC)c(CCl)c1.